The standard InChI is InChI=1S/C57H42N2/c1-57(2)50-31-14-12-27-46(50)47-36-35-44(38-51(47)57)58(43-26-16-23-41(37-43)39-19-6-3-7-20-39)53-33-17-29-45(40-21-8-4-9-22-40)55(53)49-30-18-34-54-56(49)48-28-13-15-32-52(48)59(54)42-24-10-5-11-25-42/h3-38H,1-2H3. The van der Waals surface area contributed by atoms with Crippen LogP contribution in [0, 0.1) is 0 Å². The van der Waals surface area contributed by atoms with Crippen LogP contribution >= 0.6 is 0 Å². The van der Waals surface area contributed by atoms with Crippen molar-refractivity contribution >= 4 is 38.9 Å². The van der Waals surface area contributed by atoms with Crippen molar-refractivity contribution < 1.29 is 0 Å². The Morgan fingerprint density at radius 3 is 1.78 bits per heavy atom. The van der Waals surface area contributed by atoms with E-state index in [-0.39, 0.29) is 5.41 Å². The summed E-state index contributed by atoms with van der Waals surface area (Å²) in [5.74, 6) is 0. The van der Waals surface area contributed by atoms with Crippen molar-refractivity contribution in [3.63, 3.8) is 0 Å². The van der Waals surface area contributed by atoms with E-state index in [4.69, 9.17) is 0 Å². The maximum atomic E-state index is 2.50. The summed E-state index contributed by atoms with van der Waals surface area (Å²) in [4.78, 5) is 2.50. The fourth-order valence-corrected chi connectivity index (χ4v) is 9.66. The summed E-state index contributed by atoms with van der Waals surface area (Å²) in [7, 11) is 0. The Bertz CT molecular complexity index is 3170. The van der Waals surface area contributed by atoms with Gasteiger partial charge in [0.15, 0.2) is 0 Å². The summed E-state index contributed by atoms with van der Waals surface area (Å²) in [5, 5.41) is 2.46. The molecule has 1 aromatic heterocycles. The second kappa shape index (κ2) is 13.9. The molecule has 10 aromatic rings. The molecule has 1 aliphatic carbocycles. The molecule has 0 fully saturated rings. The summed E-state index contributed by atoms with van der Waals surface area (Å²) >= 11 is 0. The minimum atomic E-state index is -0.154. The number of hydrogen-bond acceptors (Lipinski definition) is 1. The molecule has 2 heteroatoms. The molecular formula is C57H42N2. The zero-order valence-corrected chi connectivity index (χ0v) is 33.2. The number of fused-ring (bicyclic) bond motifs is 6. The predicted octanol–water partition coefficient (Wildman–Crippen LogP) is 15.6. The van der Waals surface area contributed by atoms with Gasteiger partial charge in [0, 0.05) is 38.8 Å². The van der Waals surface area contributed by atoms with Crippen LogP contribution in [0.3, 0.4) is 0 Å². The number of hydrogen-bond donors (Lipinski definition) is 0. The van der Waals surface area contributed by atoms with Crippen molar-refractivity contribution in [1.29, 1.82) is 0 Å². The molecule has 0 spiro atoms. The van der Waals surface area contributed by atoms with Crippen LogP contribution in [0.5, 0.6) is 0 Å². The number of benzene rings is 9. The lowest BCUT2D eigenvalue weighted by molar-refractivity contribution is 0.660. The normalized spacial score (nSPS) is 12.7. The van der Waals surface area contributed by atoms with Crippen LogP contribution in [0.25, 0.3) is 72.0 Å². The van der Waals surface area contributed by atoms with Crippen LogP contribution in [0.1, 0.15) is 25.0 Å². The maximum Gasteiger partial charge on any atom is 0.0547 e. The average Bonchev–Trinajstić information content (AvgIpc) is 3.76. The second-order valence-corrected chi connectivity index (χ2v) is 16.1. The number of rotatable bonds is 7. The summed E-state index contributed by atoms with van der Waals surface area (Å²) in [6, 6.07) is 80.0. The van der Waals surface area contributed by atoms with Crippen molar-refractivity contribution in [3.8, 4) is 50.2 Å². The lowest BCUT2D eigenvalue weighted by Crippen LogP contribution is -2.17. The molecule has 0 saturated heterocycles. The topological polar surface area (TPSA) is 8.17 Å². The van der Waals surface area contributed by atoms with Crippen molar-refractivity contribution in [2.75, 3.05) is 4.90 Å². The van der Waals surface area contributed by atoms with Gasteiger partial charge in [0.05, 0.1) is 16.7 Å². The van der Waals surface area contributed by atoms with Gasteiger partial charge < -0.3 is 9.47 Å². The first-order valence-electron chi connectivity index (χ1n) is 20.5. The first kappa shape index (κ1) is 34.8. The van der Waals surface area contributed by atoms with E-state index in [2.05, 4.69) is 242 Å². The lowest BCUT2D eigenvalue weighted by Gasteiger charge is -2.31. The molecule has 11 rings (SSSR count). The van der Waals surface area contributed by atoms with Gasteiger partial charge in [-0.05, 0) is 105 Å². The van der Waals surface area contributed by atoms with Gasteiger partial charge in [-0.1, -0.05) is 178 Å². The van der Waals surface area contributed by atoms with Crippen LogP contribution in [0.2, 0.25) is 0 Å². The van der Waals surface area contributed by atoms with Gasteiger partial charge in [-0.25, -0.2) is 0 Å². The fourth-order valence-electron chi connectivity index (χ4n) is 9.66. The molecule has 1 aliphatic rings. The number of para-hydroxylation sites is 2. The Morgan fingerprint density at radius 2 is 0.966 bits per heavy atom. The molecule has 280 valence electrons. The van der Waals surface area contributed by atoms with Crippen LogP contribution in [-0.2, 0) is 5.41 Å². The lowest BCUT2D eigenvalue weighted by atomic mass is 9.82. The smallest absolute Gasteiger partial charge is 0.0547 e. The quantitative estimate of drug-likeness (QED) is 0.157. The number of anilines is 3. The maximum absolute atomic E-state index is 2.50. The molecular weight excluding hydrogens is 713 g/mol. The molecule has 1 heterocycles. The third-order valence-corrected chi connectivity index (χ3v) is 12.4. The van der Waals surface area contributed by atoms with Crippen molar-refractivity contribution in [3.05, 3.63) is 230 Å². The molecule has 0 radical (unpaired) electrons. The van der Waals surface area contributed by atoms with Crippen LogP contribution in [0.4, 0.5) is 17.1 Å². The van der Waals surface area contributed by atoms with Crippen molar-refractivity contribution in [2.45, 2.75) is 19.3 Å². The minimum Gasteiger partial charge on any atom is -0.310 e. The molecule has 0 N–H and O–H groups in total. The Kier molecular flexibility index (Phi) is 8.20. The number of nitrogens with zero attached hydrogens (tertiary/aromatic N) is 2. The Hall–Kier alpha value is -7.42. The molecule has 0 unspecified atom stereocenters. The first-order chi connectivity index (χ1) is 29.1. The first-order valence-corrected chi connectivity index (χ1v) is 20.5. The minimum absolute atomic E-state index is 0.154. The molecule has 2 nitrogen and oxygen atoms in total. The van der Waals surface area contributed by atoms with E-state index in [0.29, 0.717) is 0 Å². The van der Waals surface area contributed by atoms with E-state index in [1.54, 1.807) is 0 Å². The van der Waals surface area contributed by atoms with Gasteiger partial charge in [0.2, 0.25) is 0 Å². The Morgan fingerprint density at radius 1 is 0.390 bits per heavy atom. The highest BCUT2D eigenvalue weighted by atomic mass is 15.1. The van der Waals surface area contributed by atoms with Gasteiger partial charge in [-0.3, -0.25) is 0 Å². The molecule has 0 aliphatic heterocycles. The fraction of sp³-hybridized carbons (Fsp3) is 0.0526. The highest BCUT2D eigenvalue weighted by molar-refractivity contribution is 6.18. The Labute approximate surface area is 345 Å². The van der Waals surface area contributed by atoms with E-state index in [1.165, 1.54) is 77.4 Å². The molecule has 59 heavy (non-hydrogen) atoms. The highest BCUT2D eigenvalue weighted by Gasteiger charge is 2.36. The van der Waals surface area contributed by atoms with Crippen molar-refractivity contribution in [1.82, 2.24) is 4.57 Å². The van der Waals surface area contributed by atoms with E-state index in [0.717, 1.165) is 22.7 Å². The van der Waals surface area contributed by atoms with Gasteiger partial charge in [0.1, 0.15) is 0 Å². The van der Waals surface area contributed by atoms with E-state index < -0.39 is 0 Å². The molecule has 9 aromatic carbocycles. The van der Waals surface area contributed by atoms with E-state index in [1.807, 2.05) is 0 Å². The van der Waals surface area contributed by atoms with Gasteiger partial charge in [-0.15, -0.1) is 0 Å². The van der Waals surface area contributed by atoms with E-state index >= 15 is 0 Å². The van der Waals surface area contributed by atoms with Crippen LogP contribution in [-0.4, -0.2) is 4.57 Å². The molecule has 0 atom stereocenters. The largest absolute Gasteiger partial charge is 0.310 e. The van der Waals surface area contributed by atoms with E-state index in [9.17, 15) is 0 Å². The summed E-state index contributed by atoms with van der Waals surface area (Å²) < 4.78 is 2.42. The summed E-state index contributed by atoms with van der Waals surface area (Å²) in [6.07, 6.45) is 0. The Balaban J connectivity index is 1.24. The molecule has 0 bridgehead atoms. The van der Waals surface area contributed by atoms with Crippen LogP contribution < -0.4 is 4.90 Å². The van der Waals surface area contributed by atoms with Crippen molar-refractivity contribution in [2.24, 2.45) is 0 Å². The van der Waals surface area contributed by atoms with Crippen LogP contribution in [0.15, 0.2) is 218 Å². The highest BCUT2D eigenvalue weighted by Crippen LogP contribution is 2.53. The van der Waals surface area contributed by atoms with Gasteiger partial charge >= 0.3 is 0 Å². The third kappa shape index (κ3) is 5.63. The van der Waals surface area contributed by atoms with Gasteiger partial charge in [0.25, 0.3) is 0 Å². The predicted molar refractivity (Wildman–Crippen MR) is 249 cm³/mol. The number of aromatic nitrogens is 1. The molecule has 0 saturated carbocycles. The average molecular weight is 755 g/mol. The SMILES string of the molecule is CC1(C)c2ccccc2-c2ccc(N(c3cccc(-c4ccccc4)c3)c3cccc(-c4ccccc4)c3-c3cccc4c3c3ccccc3n4-c3ccccc3)cc21. The zero-order valence-electron chi connectivity index (χ0n) is 33.2. The van der Waals surface area contributed by atoms with Gasteiger partial charge in [-0.2, -0.15) is 0 Å². The third-order valence-electron chi connectivity index (χ3n) is 12.4. The monoisotopic (exact) mass is 754 g/mol. The molecule has 0 amide bonds. The summed E-state index contributed by atoms with van der Waals surface area (Å²) in [5.41, 5.74) is 19.2. The summed E-state index contributed by atoms with van der Waals surface area (Å²) in [6.45, 7) is 4.74. The zero-order chi connectivity index (χ0) is 39.5. The second-order valence-electron chi connectivity index (χ2n) is 16.1.